The lowest BCUT2D eigenvalue weighted by Crippen LogP contribution is -2.58. The Kier molecular flexibility index (Phi) is 13.9. The highest BCUT2D eigenvalue weighted by molar-refractivity contribution is 6.67. The highest BCUT2D eigenvalue weighted by atomic mass is 35.5. The molecule has 216 valence electrons. The minimum atomic E-state index is -0.508. The Labute approximate surface area is 249 Å². The van der Waals surface area contributed by atoms with Crippen molar-refractivity contribution in [2.24, 2.45) is 0 Å². The van der Waals surface area contributed by atoms with Crippen molar-refractivity contribution in [1.29, 1.82) is 0 Å². The Bertz CT molecular complexity index is 1040. The van der Waals surface area contributed by atoms with Gasteiger partial charge in [0.15, 0.2) is 0 Å². The van der Waals surface area contributed by atoms with Crippen molar-refractivity contribution >= 4 is 57.3 Å². The summed E-state index contributed by atoms with van der Waals surface area (Å²) < 4.78 is 0. The largest absolute Gasteiger partial charge is 0.366 e. The molecule has 0 radical (unpaired) electrons. The zero-order valence-corrected chi connectivity index (χ0v) is 26.2. The predicted molar refractivity (Wildman–Crippen MR) is 167 cm³/mol. The molecule has 2 aromatic carbocycles. The van der Waals surface area contributed by atoms with Crippen LogP contribution in [0.5, 0.6) is 0 Å². The number of rotatable bonds is 4. The van der Waals surface area contributed by atoms with Crippen LogP contribution in [0, 0.1) is 13.8 Å². The van der Waals surface area contributed by atoms with Gasteiger partial charge in [-0.05, 0) is 77.4 Å². The van der Waals surface area contributed by atoms with Crippen LogP contribution < -0.4 is 15.1 Å². The molecule has 2 heterocycles. The van der Waals surface area contributed by atoms with Crippen LogP contribution in [-0.2, 0) is 9.59 Å². The molecule has 2 aliphatic heterocycles. The quantitative estimate of drug-likeness (QED) is 0.355. The maximum atomic E-state index is 11.8. The minimum absolute atomic E-state index is 0.0320. The lowest BCUT2D eigenvalue weighted by molar-refractivity contribution is -0.131. The second-order valence-corrected chi connectivity index (χ2v) is 11.5. The molecule has 6 nitrogen and oxygen atoms in total. The Morgan fingerprint density at radius 1 is 0.744 bits per heavy atom. The van der Waals surface area contributed by atoms with E-state index in [-0.39, 0.29) is 23.7 Å². The molecule has 0 spiro atoms. The van der Waals surface area contributed by atoms with E-state index in [1.54, 1.807) is 0 Å². The molecule has 1 amide bonds. The molecule has 9 heteroatoms. The smallest absolute Gasteiger partial charge is 0.237 e. The third-order valence-corrected chi connectivity index (χ3v) is 7.76. The molecule has 4 rings (SSSR count). The van der Waals surface area contributed by atoms with Crippen molar-refractivity contribution in [3.63, 3.8) is 0 Å². The number of amides is 1. The Morgan fingerprint density at radius 3 is 1.64 bits per heavy atom. The second-order valence-electron chi connectivity index (χ2n) is 10.5. The Hall–Kier alpha value is -1.99. The molecule has 0 aromatic heterocycles. The van der Waals surface area contributed by atoms with Crippen LogP contribution in [0.2, 0.25) is 0 Å². The molecule has 39 heavy (non-hydrogen) atoms. The molecule has 2 saturated heterocycles. The molecule has 2 fully saturated rings. The van der Waals surface area contributed by atoms with Gasteiger partial charge in [0.05, 0.1) is 5.88 Å². The first-order valence-electron chi connectivity index (χ1n) is 13.5. The van der Waals surface area contributed by atoms with Crippen LogP contribution in [0.25, 0.3) is 0 Å². The molecule has 2 aromatic rings. The lowest BCUT2D eigenvalue weighted by atomic mass is 10.1. The van der Waals surface area contributed by atoms with Gasteiger partial charge in [-0.2, -0.15) is 0 Å². The van der Waals surface area contributed by atoms with Crippen LogP contribution in [0.1, 0.15) is 38.8 Å². The zero-order chi connectivity index (χ0) is 29.1. The summed E-state index contributed by atoms with van der Waals surface area (Å²) >= 11 is 15.2. The monoisotopic (exact) mass is 596 g/mol. The number of nitrogens with zero attached hydrogens (tertiary/aromatic N) is 3. The molecule has 1 N–H and O–H groups in total. The van der Waals surface area contributed by atoms with Crippen molar-refractivity contribution in [1.82, 2.24) is 10.2 Å². The van der Waals surface area contributed by atoms with Gasteiger partial charge in [0.2, 0.25) is 11.1 Å². The number of aryl methyl sites for hydroxylation is 2. The maximum Gasteiger partial charge on any atom is 0.237 e. The zero-order valence-electron chi connectivity index (χ0n) is 24.0. The van der Waals surface area contributed by atoms with Crippen LogP contribution in [-0.4, -0.2) is 78.2 Å². The van der Waals surface area contributed by atoms with Crippen molar-refractivity contribution in [2.75, 3.05) is 47.7 Å². The number of hydrogen-bond acceptors (Lipinski definition) is 5. The number of alkyl halides is 2. The van der Waals surface area contributed by atoms with Gasteiger partial charge in [-0.1, -0.05) is 35.4 Å². The van der Waals surface area contributed by atoms with E-state index in [1.807, 2.05) is 4.90 Å². The van der Waals surface area contributed by atoms with Gasteiger partial charge in [0, 0.05) is 61.7 Å². The number of benzene rings is 2. The minimum Gasteiger partial charge on any atom is -0.366 e. The SMILES string of the molecule is Cc1ccc(N2C[C@@H](C)N(C(=O)CCl)C[C@@H]2C)cc1.Cc1ccc(N2C[C@@H](C)NC[C@@H]2C)cc1.O=C(Cl)CCl. The fraction of sp³-hybridized carbons (Fsp3) is 0.533. The number of anilines is 2. The molecule has 4 atom stereocenters. The summed E-state index contributed by atoms with van der Waals surface area (Å²) in [4.78, 5) is 28.0. The van der Waals surface area contributed by atoms with Crippen LogP contribution in [0.3, 0.4) is 0 Å². The van der Waals surface area contributed by atoms with Gasteiger partial charge in [0.1, 0.15) is 5.88 Å². The van der Waals surface area contributed by atoms with Gasteiger partial charge in [-0.15, -0.1) is 23.2 Å². The van der Waals surface area contributed by atoms with Crippen LogP contribution in [0.15, 0.2) is 48.5 Å². The van der Waals surface area contributed by atoms with Crippen molar-refractivity contribution < 1.29 is 9.59 Å². The Morgan fingerprint density at radius 2 is 1.21 bits per heavy atom. The van der Waals surface area contributed by atoms with E-state index in [4.69, 9.17) is 34.8 Å². The van der Waals surface area contributed by atoms with E-state index in [2.05, 4.69) is 105 Å². The van der Waals surface area contributed by atoms with Gasteiger partial charge < -0.3 is 20.0 Å². The third kappa shape index (κ3) is 10.5. The highest BCUT2D eigenvalue weighted by Gasteiger charge is 2.31. The number of carbonyl (C=O) groups is 2. The summed E-state index contributed by atoms with van der Waals surface area (Å²) in [5.74, 6) is 0.00736. The first-order chi connectivity index (χ1) is 18.5. The van der Waals surface area contributed by atoms with Crippen molar-refractivity contribution in [3.05, 3.63) is 59.7 Å². The summed E-state index contributed by atoms with van der Waals surface area (Å²) in [7, 11) is 0. The molecular weight excluding hydrogens is 555 g/mol. The molecule has 2 aliphatic rings. The van der Waals surface area contributed by atoms with Crippen molar-refractivity contribution in [2.45, 2.75) is 65.7 Å². The number of halogens is 3. The fourth-order valence-electron chi connectivity index (χ4n) is 4.76. The maximum absolute atomic E-state index is 11.8. The number of piperazine rings is 2. The van der Waals surface area contributed by atoms with Crippen LogP contribution >= 0.6 is 34.8 Å². The Balaban J connectivity index is 0.000000238. The van der Waals surface area contributed by atoms with Gasteiger partial charge in [-0.25, -0.2) is 0 Å². The number of nitrogens with one attached hydrogen (secondary N) is 1. The van der Waals surface area contributed by atoms with E-state index in [0.29, 0.717) is 18.1 Å². The van der Waals surface area contributed by atoms with E-state index in [9.17, 15) is 9.59 Å². The first-order valence-corrected chi connectivity index (χ1v) is 14.9. The first kappa shape index (κ1) is 33.2. The number of carbonyl (C=O) groups excluding carboxylic acids is 2. The summed E-state index contributed by atoms with van der Waals surface area (Å²) in [6.07, 6.45) is 0. The third-order valence-electron chi connectivity index (χ3n) is 7.02. The molecular formula is C30H43Cl3N4O2. The van der Waals surface area contributed by atoms with Gasteiger partial charge >= 0.3 is 0 Å². The standard InChI is InChI=1S/C15H21ClN2O.C13H20N2.C2H2Cl2O/c1-11-4-6-14(7-5-11)17-9-13(3)18(10-12(17)2)15(19)8-16;1-10-4-6-13(7-5-10)15-9-11(2)14-8-12(15)3;3-1-2(4)5/h4-7,12-13H,8-10H2,1-3H3;4-7,11-12,14H,8-9H2,1-3H3;1H2/t12-,13+;11-,12+;/m01./s1. The summed E-state index contributed by atoms with van der Waals surface area (Å²) in [5.41, 5.74) is 5.17. The second kappa shape index (κ2) is 16.3. The summed E-state index contributed by atoms with van der Waals surface area (Å²) in [5, 5.41) is 2.99. The topological polar surface area (TPSA) is 55.9 Å². The lowest BCUT2D eigenvalue weighted by Gasteiger charge is -2.45. The molecule has 0 unspecified atom stereocenters. The molecule has 0 saturated carbocycles. The van der Waals surface area contributed by atoms with E-state index in [0.717, 1.165) is 26.2 Å². The van der Waals surface area contributed by atoms with Crippen molar-refractivity contribution in [3.8, 4) is 0 Å². The van der Waals surface area contributed by atoms with Gasteiger partial charge in [0.25, 0.3) is 0 Å². The highest BCUT2D eigenvalue weighted by Crippen LogP contribution is 2.24. The average Bonchev–Trinajstić information content (AvgIpc) is 2.92. The predicted octanol–water partition coefficient (Wildman–Crippen LogP) is 5.83. The van der Waals surface area contributed by atoms with E-state index < -0.39 is 5.24 Å². The van der Waals surface area contributed by atoms with Gasteiger partial charge in [-0.3, -0.25) is 9.59 Å². The number of hydrogen-bond donors (Lipinski definition) is 1. The molecule has 0 aliphatic carbocycles. The van der Waals surface area contributed by atoms with E-state index in [1.165, 1.54) is 22.5 Å². The average molecular weight is 598 g/mol. The summed E-state index contributed by atoms with van der Waals surface area (Å²) in [6, 6.07) is 19.1. The summed E-state index contributed by atoms with van der Waals surface area (Å²) in [6.45, 7) is 16.7. The van der Waals surface area contributed by atoms with E-state index >= 15 is 0 Å². The molecule has 0 bridgehead atoms. The normalized spacial score (nSPS) is 22.7. The van der Waals surface area contributed by atoms with Crippen LogP contribution in [0.4, 0.5) is 11.4 Å². The fourth-order valence-corrected chi connectivity index (χ4v) is 4.92.